The molecule has 2 N–H and O–H groups in total. The minimum absolute atomic E-state index is 0.0391. The van der Waals surface area contributed by atoms with E-state index in [-0.39, 0.29) is 42.3 Å². The van der Waals surface area contributed by atoms with Crippen molar-refractivity contribution in [3.8, 4) is 17.6 Å². The molecular weight excluding hydrogens is 454 g/mol. The quantitative estimate of drug-likeness (QED) is 0.569. The zero-order valence-corrected chi connectivity index (χ0v) is 22.0. The highest BCUT2D eigenvalue weighted by molar-refractivity contribution is 7.89. The minimum atomic E-state index is -3.91. The zero-order valence-electron chi connectivity index (χ0n) is 21.2. The number of fused-ring (bicyclic) bond motifs is 1. The number of amides is 2. The van der Waals surface area contributed by atoms with Crippen LogP contribution in [0.15, 0.2) is 23.1 Å². The number of sulfonamides is 1. The number of benzene rings is 1. The molecular formula is C25H39N3O5S. The Balaban J connectivity index is 2.48. The summed E-state index contributed by atoms with van der Waals surface area (Å²) in [5, 5.41) is 12.6. The Kier molecular flexibility index (Phi) is 10.2. The average Bonchev–Trinajstić information content (AvgIpc) is 2.78. The SMILES string of the molecule is CCCNC(=O)N(C)C[C@H]1Oc2cc(C#CCC(C)C)ccc2S(=O)(=O)N([C@H](C)CO)C[C@@H]1C. The fourth-order valence-electron chi connectivity index (χ4n) is 3.60. The third kappa shape index (κ3) is 7.11. The summed E-state index contributed by atoms with van der Waals surface area (Å²) in [5.41, 5.74) is 0.664. The highest BCUT2D eigenvalue weighted by atomic mass is 32.2. The van der Waals surface area contributed by atoms with Crippen LogP contribution in [0.1, 0.15) is 53.0 Å². The van der Waals surface area contributed by atoms with Gasteiger partial charge in [-0.05, 0) is 37.5 Å². The molecule has 34 heavy (non-hydrogen) atoms. The maximum Gasteiger partial charge on any atom is 0.317 e. The molecule has 0 spiro atoms. The van der Waals surface area contributed by atoms with E-state index in [0.29, 0.717) is 18.0 Å². The van der Waals surface area contributed by atoms with Gasteiger partial charge < -0.3 is 20.1 Å². The maximum atomic E-state index is 13.5. The molecule has 3 atom stereocenters. The maximum absolute atomic E-state index is 13.5. The Hall–Kier alpha value is -2.28. The third-order valence-corrected chi connectivity index (χ3v) is 7.76. The summed E-state index contributed by atoms with van der Waals surface area (Å²) in [4.78, 5) is 14.0. The molecule has 0 aromatic heterocycles. The number of aliphatic hydroxyl groups is 1. The van der Waals surface area contributed by atoms with E-state index in [1.807, 2.05) is 13.8 Å². The third-order valence-electron chi connectivity index (χ3n) is 5.74. The van der Waals surface area contributed by atoms with E-state index in [1.54, 1.807) is 31.0 Å². The Morgan fingerprint density at radius 3 is 2.68 bits per heavy atom. The summed E-state index contributed by atoms with van der Waals surface area (Å²) in [5.74, 6) is 6.61. The van der Waals surface area contributed by atoms with Crippen molar-refractivity contribution < 1.29 is 23.1 Å². The monoisotopic (exact) mass is 493 g/mol. The first-order valence-electron chi connectivity index (χ1n) is 11.9. The normalized spacial score (nSPS) is 20.7. The first kappa shape index (κ1) is 28.0. The van der Waals surface area contributed by atoms with Gasteiger partial charge in [0.15, 0.2) is 0 Å². The lowest BCUT2D eigenvalue weighted by Crippen LogP contribution is -2.51. The standard InChI is InChI=1S/C25H39N3O5S/c1-7-13-26-25(30)27(6)16-23-19(4)15-28(20(5)17-29)34(31,32)24-12-11-21(14-22(24)33-23)10-8-9-18(2)3/h11-12,14,18-20,23,29H,7,9,13,15-17H2,1-6H3,(H,26,30)/t19-,20+,23+/m0/s1. The number of nitrogens with one attached hydrogen (secondary N) is 1. The van der Waals surface area contributed by atoms with Crippen molar-refractivity contribution in [2.45, 2.75) is 64.5 Å². The molecule has 9 heteroatoms. The van der Waals surface area contributed by atoms with Crippen LogP contribution >= 0.6 is 0 Å². The Labute approximate surface area is 204 Å². The molecule has 1 aliphatic rings. The Bertz CT molecular complexity index is 1000. The van der Waals surface area contributed by atoms with E-state index >= 15 is 0 Å². The van der Waals surface area contributed by atoms with E-state index in [0.717, 1.165) is 12.8 Å². The van der Waals surface area contributed by atoms with Crippen molar-refractivity contribution in [1.82, 2.24) is 14.5 Å². The predicted octanol–water partition coefficient (Wildman–Crippen LogP) is 2.90. The first-order valence-corrected chi connectivity index (χ1v) is 13.4. The molecule has 190 valence electrons. The molecule has 1 heterocycles. The van der Waals surface area contributed by atoms with Gasteiger partial charge in [0, 0.05) is 44.1 Å². The number of urea groups is 1. The Morgan fingerprint density at radius 1 is 1.35 bits per heavy atom. The van der Waals surface area contributed by atoms with Crippen LogP contribution in [0, 0.1) is 23.7 Å². The summed E-state index contributed by atoms with van der Waals surface area (Å²) in [6.45, 7) is 10.4. The molecule has 0 saturated heterocycles. The summed E-state index contributed by atoms with van der Waals surface area (Å²) in [6, 6.07) is 4.05. The van der Waals surface area contributed by atoms with Gasteiger partial charge in [0.1, 0.15) is 16.7 Å². The average molecular weight is 494 g/mol. The summed E-state index contributed by atoms with van der Waals surface area (Å²) < 4.78 is 34.6. The molecule has 0 radical (unpaired) electrons. The van der Waals surface area contributed by atoms with Gasteiger partial charge in [0.05, 0.1) is 13.2 Å². The molecule has 2 amide bonds. The summed E-state index contributed by atoms with van der Waals surface area (Å²) >= 11 is 0. The minimum Gasteiger partial charge on any atom is -0.487 e. The number of carbonyl (C=O) groups is 1. The fraction of sp³-hybridized carbons (Fsp3) is 0.640. The molecule has 1 aromatic carbocycles. The summed E-state index contributed by atoms with van der Waals surface area (Å²) in [6.07, 6.45) is 1.10. The number of rotatable bonds is 7. The van der Waals surface area contributed by atoms with Crippen LogP contribution in [0.25, 0.3) is 0 Å². The molecule has 8 nitrogen and oxygen atoms in total. The van der Waals surface area contributed by atoms with Crippen LogP contribution in [0.5, 0.6) is 5.75 Å². The number of hydrogen-bond donors (Lipinski definition) is 2. The van der Waals surface area contributed by atoms with E-state index in [4.69, 9.17) is 4.74 Å². The van der Waals surface area contributed by atoms with Gasteiger partial charge in [-0.3, -0.25) is 0 Å². The number of carbonyl (C=O) groups excluding carboxylic acids is 1. The number of hydrogen-bond acceptors (Lipinski definition) is 5. The van der Waals surface area contributed by atoms with Gasteiger partial charge in [0.25, 0.3) is 0 Å². The number of ether oxygens (including phenoxy) is 1. The molecule has 0 fully saturated rings. The highest BCUT2D eigenvalue weighted by Crippen LogP contribution is 2.34. The van der Waals surface area contributed by atoms with Gasteiger partial charge in [-0.2, -0.15) is 4.31 Å². The van der Waals surface area contributed by atoms with Gasteiger partial charge in [0.2, 0.25) is 10.0 Å². The first-order chi connectivity index (χ1) is 16.0. The molecule has 0 aliphatic carbocycles. The second-order valence-electron chi connectivity index (χ2n) is 9.41. The zero-order chi connectivity index (χ0) is 25.5. The van der Waals surface area contributed by atoms with Crippen molar-refractivity contribution >= 4 is 16.1 Å². The van der Waals surface area contributed by atoms with Gasteiger partial charge in [-0.15, -0.1) is 0 Å². The van der Waals surface area contributed by atoms with Crippen molar-refractivity contribution in [3.05, 3.63) is 23.8 Å². The van der Waals surface area contributed by atoms with Gasteiger partial charge in [-0.1, -0.05) is 39.5 Å². The molecule has 1 aromatic rings. The number of nitrogens with zero attached hydrogens (tertiary/aromatic N) is 2. The van der Waals surface area contributed by atoms with E-state index in [1.165, 1.54) is 10.4 Å². The lowest BCUT2D eigenvalue weighted by molar-refractivity contribution is 0.0812. The van der Waals surface area contributed by atoms with E-state index in [9.17, 15) is 18.3 Å². The largest absolute Gasteiger partial charge is 0.487 e. The van der Waals surface area contributed by atoms with Crippen molar-refractivity contribution in [3.63, 3.8) is 0 Å². The second-order valence-corrected chi connectivity index (χ2v) is 11.3. The van der Waals surface area contributed by atoms with E-state index < -0.39 is 22.2 Å². The lowest BCUT2D eigenvalue weighted by atomic mass is 10.0. The van der Waals surface area contributed by atoms with Crippen LogP contribution in [-0.4, -0.2) is 74.2 Å². The molecule has 0 unspecified atom stereocenters. The number of aliphatic hydroxyl groups excluding tert-OH is 1. The van der Waals surface area contributed by atoms with Crippen LogP contribution in [-0.2, 0) is 10.0 Å². The molecule has 0 saturated carbocycles. The van der Waals surface area contributed by atoms with Crippen LogP contribution in [0.3, 0.4) is 0 Å². The van der Waals surface area contributed by atoms with Gasteiger partial charge in [-0.25, -0.2) is 13.2 Å². The summed E-state index contributed by atoms with van der Waals surface area (Å²) in [7, 11) is -2.22. The van der Waals surface area contributed by atoms with Crippen LogP contribution in [0.4, 0.5) is 4.79 Å². The van der Waals surface area contributed by atoms with Gasteiger partial charge >= 0.3 is 6.03 Å². The molecule has 2 rings (SSSR count). The smallest absolute Gasteiger partial charge is 0.317 e. The van der Waals surface area contributed by atoms with Crippen molar-refractivity contribution in [2.75, 3.05) is 33.3 Å². The van der Waals surface area contributed by atoms with Crippen molar-refractivity contribution in [1.29, 1.82) is 0 Å². The Morgan fingerprint density at radius 2 is 2.06 bits per heavy atom. The predicted molar refractivity (Wildman–Crippen MR) is 133 cm³/mol. The molecule has 0 bridgehead atoms. The van der Waals surface area contributed by atoms with E-state index in [2.05, 4.69) is 31.0 Å². The highest BCUT2D eigenvalue weighted by Gasteiger charge is 2.38. The second kappa shape index (κ2) is 12.4. The topological polar surface area (TPSA) is 99.2 Å². The van der Waals surface area contributed by atoms with Crippen LogP contribution in [0.2, 0.25) is 0 Å². The van der Waals surface area contributed by atoms with Crippen LogP contribution < -0.4 is 10.1 Å². The fourth-order valence-corrected chi connectivity index (χ4v) is 5.42. The van der Waals surface area contributed by atoms with Crippen molar-refractivity contribution in [2.24, 2.45) is 11.8 Å². The number of likely N-dealkylation sites (N-methyl/N-ethyl adjacent to an activating group) is 1. The molecule has 1 aliphatic heterocycles. The lowest BCUT2D eigenvalue weighted by Gasteiger charge is -2.37.